The lowest BCUT2D eigenvalue weighted by molar-refractivity contribution is -0.144. The number of nitrogens with one attached hydrogen (secondary N) is 1. The Labute approximate surface area is 111 Å². The van der Waals surface area contributed by atoms with Crippen molar-refractivity contribution < 1.29 is 14.7 Å². The van der Waals surface area contributed by atoms with Crippen LogP contribution < -0.4 is 5.32 Å². The van der Waals surface area contributed by atoms with E-state index in [1.54, 1.807) is 19.9 Å². The van der Waals surface area contributed by atoms with Crippen molar-refractivity contribution in [3.63, 3.8) is 0 Å². The molecule has 4 nitrogen and oxygen atoms in total. The molecule has 0 unspecified atom stereocenters. The van der Waals surface area contributed by atoms with Gasteiger partial charge in [0.15, 0.2) is 0 Å². The van der Waals surface area contributed by atoms with E-state index in [-0.39, 0.29) is 5.91 Å². The Bertz CT molecular complexity index is 441. The molecule has 0 spiro atoms. The zero-order valence-corrected chi connectivity index (χ0v) is 12.0. The van der Waals surface area contributed by atoms with Crippen LogP contribution in [0.3, 0.4) is 0 Å². The third-order valence-electron chi connectivity index (χ3n) is 3.36. The number of carboxylic acid groups (broad SMARTS) is 1. The van der Waals surface area contributed by atoms with Crippen LogP contribution in [-0.2, 0) is 4.79 Å². The smallest absolute Gasteiger partial charge is 0.329 e. The molecule has 0 aliphatic heterocycles. The fraction of sp³-hybridized carbons (Fsp3) is 0.538. The number of hydrogen-bond donors (Lipinski definition) is 2. The van der Waals surface area contributed by atoms with Crippen LogP contribution in [-0.4, -0.2) is 22.5 Å². The van der Waals surface area contributed by atoms with Gasteiger partial charge in [0.2, 0.25) is 0 Å². The van der Waals surface area contributed by atoms with Gasteiger partial charge in [0, 0.05) is 4.88 Å². The number of rotatable bonds is 5. The van der Waals surface area contributed by atoms with Gasteiger partial charge in [0.1, 0.15) is 5.54 Å². The summed E-state index contributed by atoms with van der Waals surface area (Å²) in [5.74, 6) is -1.28. The molecule has 0 saturated heterocycles. The summed E-state index contributed by atoms with van der Waals surface area (Å²) in [6.07, 6.45) is 0.738. The molecule has 0 radical (unpaired) electrons. The molecule has 0 aliphatic rings. The van der Waals surface area contributed by atoms with E-state index in [4.69, 9.17) is 0 Å². The lowest BCUT2D eigenvalue weighted by Gasteiger charge is -2.27. The molecule has 0 fully saturated rings. The van der Waals surface area contributed by atoms with Gasteiger partial charge in [-0.3, -0.25) is 4.79 Å². The molecule has 2 N–H and O–H groups in total. The van der Waals surface area contributed by atoms with E-state index in [0.717, 1.165) is 10.4 Å². The van der Waals surface area contributed by atoms with Crippen LogP contribution in [0.15, 0.2) is 6.07 Å². The molecule has 0 aliphatic carbocycles. The molecule has 100 valence electrons. The maximum absolute atomic E-state index is 12.1. The van der Waals surface area contributed by atoms with Gasteiger partial charge in [-0.05, 0) is 38.3 Å². The summed E-state index contributed by atoms with van der Waals surface area (Å²) >= 11 is 1.39. The molecule has 0 atom stereocenters. The summed E-state index contributed by atoms with van der Waals surface area (Å²) in [6.45, 7) is 7.42. The number of carbonyl (C=O) groups excluding carboxylic acids is 1. The Kier molecular flexibility index (Phi) is 4.51. The van der Waals surface area contributed by atoms with Gasteiger partial charge in [-0.15, -0.1) is 11.3 Å². The molecule has 1 heterocycles. The highest BCUT2D eigenvalue weighted by Crippen LogP contribution is 2.22. The number of thiophene rings is 1. The van der Waals surface area contributed by atoms with Gasteiger partial charge < -0.3 is 10.4 Å². The Morgan fingerprint density at radius 2 is 1.89 bits per heavy atom. The number of aliphatic carboxylic acids is 1. The average molecular weight is 269 g/mol. The molecular weight excluding hydrogens is 250 g/mol. The first-order valence-electron chi connectivity index (χ1n) is 5.99. The normalized spacial score (nSPS) is 11.3. The second kappa shape index (κ2) is 5.52. The predicted octanol–water partition coefficient (Wildman–Crippen LogP) is 2.74. The highest BCUT2D eigenvalue weighted by molar-refractivity contribution is 7.14. The summed E-state index contributed by atoms with van der Waals surface area (Å²) in [7, 11) is 0. The number of aryl methyl sites for hydroxylation is 2. The van der Waals surface area contributed by atoms with Crippen LogP contribution in [0.25, 0.3) is 0 Å². The first-order chi connectivity index (χ1) is 8.36. The standard InChI is InChI=1S/C13H19NO3S/c1-5-13(6-2,12(16)17)14-11(15)10-7-8(3)9(4)18-10/h7H,5-6H2,1-4H3,(H,14,15)(H,16,17). The SMILES string of the molecule is CCC(CC)(NC(=O)c1cc(C)c(C)s1)C(=O)O. The van der Waals surface area contributed by atoms with Crippen LogP contribution in [0.1, 0.15) is 46.8 Å². The first-order valence-corrected chi connectivity index (χ1v) is 6.81. The highest BCUT2D eigenvalue weighted by atomic mass is 32.1. The molecule has 0 aromatic carbocycles. The van der Waals surface area contributed by atoms with Crippen molar-refractivity contribution in [1.82, 2.24) is 5.32 Å². The number of carboxylic acids is 1. The third kappa shape index (κ3) is 2.72. The summed E-state index contributed by atoms with van der Waals surface area (Å²) in [6, 6.07) is 1.80. The zero-order valence-electron chi connectivity index (χ0n) is 11.2. The summed E-state index contributed by atoms with van der Waals surface area (Å²) in [5, 5.41) is 11.9. The van der Waals surface area contributed by atoms with Crippen molar-refractivity contribution >= 4 is 23.2 Å². The van der Waals surface area contributed by atoms with Crippen molar-refractivity contribution in [3.8, 4) is 0 Å². The highest BCUT2D eigenvalue weighted by Gasteiger charge is 2.36. The lowest BCUT2D eigenvalue weighted by atomic mass is 9.93. The van der Waals surface area contributed by atoms with E-state index in [1.807, 2.05) is 13.8 Å². The van der Waals surface area contributed by atoms with Gasteiger partial charge in [0.05, 0.1) is 4.88 Å². The van der Waals surface area contributed by atoms with Gasteiger partial charge in [0.25, 0.3) is 5.91 Å². The number of amides is 1. The Morgan fingerprint density at radius 3 is 2.22 bits per heavy atom. The third-order valence-corrected chi connectivity index (χ3v) is 4.51. The fourth-order valence-electron chi connectivity index (χ4n) is 1.75. The Balaban J connectivity index is 2.95. The second-order valence-corrected chi connectivity index (χ2v) is 5.65. The molecule has 1 rings (SSSR count). The monoisotopic (exact) mass is 269 g/mol. The van der Waals surface area contributed by atoms with Gasteiger partial charge in [-0.25, -0.2) is 4.79 Å². The molecule has 18 heavy (non-hydrogen) atoms. The molecule has 1 aromatic rings. The minimum absolute atomic E-state index is 0.303. The maximum Gasteiger partial charge on any atom is 0.329 e. The molecule has 1 amide bonds. The van der Waals surface area contributed by atoms with Crippen molar-refractivity contribution in [1.29, 1.82) is 0 Å². The van der Waals surface area contributed by atoms with Crippen LogP contribution in [0, 0.1) is 13.8 Å². The molecule has 0 saturated carbocycles. The van der Waals surface area contributed by atoms with Crippen LogP contribution in [0.2, 0.25) is 0 Å². The largest absolute Gasteiger partial charge is 0.480 e. The summed E-state index contributed by atoms with van der Waals surface area (Å²) in [5.41, 5.74) is -0.109. The Morgan fingerprint density at radius 1 is 1.33 bits per heavy atom. The van der Waals surface area contributed by atoms with E-state index in [1.165, 1.54) is 11.3 Å². The fourth-order valence-corrected chi connectivity index (χ4v) is 2.68. The van der Waals surface area contributed by atoms with Crippen molar-refractivity contribution in [3.05, 3.63) is 21.4 Å². The first kappa shape index (κ1) is 14.7. The second-order valence-electron chi connectivity index (χ2n) is 4.40. The van der Waals surface area contributed by atoms with E-state index in [0.29, 0.717) is 17.7 Å². The quantitative estimate of drug-likeness (QED) is 0.863. The maximum atomic E-state index is 12.1. The lowest BCUT2D eigenvalue weighted by Crippen LogP contribution is -2.53. The van der Waals surface area contributed by atoms with Crippen LogP contribution >= 0.6 is 11.3 Å². The molecular formula is C13H19NO3S. The molecule has 5 heteroatoms. The summed E-state index contributed by atoms with van der Waals surface area (Å²) in [4.78, 5) is 25.0. The van der Waals surface area contributed by atoms with Gasteiger partial charge in [-0.1, -0.05) is 13.8 Å². The minimum atomic E-state index is -1.16. The number of carbonyl (C=O) groups is 2. The van der Waals surface area contributed by atoms with E-state index in [9.17, 15) is 14.7 Å². The molecule has 1 aromatic heterocycles. The van der Waals surface area contributed by atoms with Crippen LogP contribution in [0.5, 0.6) is 0 Å². The van der Waals surface area contributed by atoms with Crippen molar-refractivity contribution in [2.24, 2.45) is 0 Å². The Hall–Kier alpha value is -1.36. The molecule has 0 bridgehead atoms. The van der Waals surface area contributed by atoms with Crippen molar-refractivity contribution in [2.45, 2.75) is 46.1 Å². The average Bonchev–Trinajstić information content (AvgIpc) is 2.66. The minimum Gasteiger partial charge on any atom is -0.480 e. The van der Waals surface area contributed by atoms with Gasteiger partial charge >= 0.3 is 5.97 Å². The topological polar surface area (TPSA) is 66.4 Å². The number of hydrogen-bond acceptors (Lipinski definition) is 3. The summed E-state index contributed by atoms with van der Waals surface area (Å²) < 4.78 is 0. The van der Waals surface area contributed by atoms with Crippen molar-refractivity contribution in [2.75, 3.05) is 0 Å². The van der Waals surface area contributed by atoms with E-state index < -0.39 is 11.5 Å². The van der Waals surface area contributed by atoms with E-state index >= 15 is 0 Å². The predicted molar refractivity (Wildman–Crippen MR) is 72.2 cm³/mol. The van der Waals surface area contributed by atoms with Crippen LogP contribution in [0.4, 0.5) is 0 Å². The van der Waals surface area contributed by atoms with Gasteiger partial charge in [-0.2, -0.15) is 0 Å². The van der Waals surface area contributed by atoms with E-state index in [2.05, 4.69) is 5.32 Å². The zero-order chi connectivity index (χ0) is 13.9.